The van der Waals surface area contributed by atoms with Crippen LogP contribution in [-0.2, 0) is 0 Å². The largest absolute Gasteiger partial charge is 0.456 e. The third-order valence-corrected chi connectivity index (χ3v) is 10.7. The number of hydrogen-bond donors (Lipinski definition) is 1. The Morgan fingerprint density at radius 2 is 1.11 bits per heavy atom. The van der Waals surface area contributed by atoms with E-state index in [2.05, 4.69) is 133 Å². The van der Waals surface area contributed by atoms with E-state index in [1.54, 1.807) is 0 Å². The van der Waals surface area contributed by atoms with Crippen molar-refractivity contribution >= 4 is 60.5 Å². The number of furan rings is 2. The second-order valence-electron chi connectivity index (χ2n) is 13.8. The van der Waals surface area contributed by atoms with Gasteiger partial charge in [-0.25, -0.2) is 0 Å². The summed E-state index contributed by atoms with van der Waals surface area (Å²) in [6.07, 6.45) is -0.597. The minimum atomic E-state index is -0.337. The second-order valence-corrected chi connectivity index (χ2v) is 13.8. The molecule has 0 aliphatic carbocycles. The van der Waals surface area contributed by atoms with E-state index in [1.165, 1.54) is 0 Å². The van der Waals surface area contributed by atoms with E-state index in [4.69, 9.17) is 19.1 Å². The third-order valence-electron chi connectivity index (χ3n) is 10.7. The summed E-state index contributed by atoms with van der Waals surface area (Å²) in [6, 6.07) is 61.2. The Hall–Kier alpha value is -6.95. The van der Waals surface area contributed by atoms with Crippen LogP contribution in [0.1, 0.15) is 29.0 Å². The molecular weight excluding hydrogens is 663 g/mol. The van der Waals surface area contributed by atoms with E-state index in [1.807, 2.05) is 48.5 Å². The van der Waals surface area contributed by atoms with Crippen LogP contribution in [0.25, 0.3) is 82.2 Å². The molecule has 5 nitrogen and oxygen atoms in total. The van der Waals surface area contributed by atoms with Crippen LogP contribution in [-0.4, -0.2) is 5.84 Å². The van der Waals surface area contributed by atoms with Crippen molar-refractivity contribution in [2.24, 2.45) is 4.99 Å². The van der Waals surface area contributed by atoms with Gasteiger partial charge in [0.1, 0.15) is 22.3 Å². The molecular formula is C49H32N3O2-. The van der Waals surface area contributed by atoms with Gasteiger partial charge < -0.3 is 24.5 Å². The molecule has 11 rings (SSSR count). The molecule has 0 saturated carbocycles. The van der Waals surface area contributed by atoms with Crippen molar-refractivity contribution in [3.05, 3.63) is 198 Å². The Labute approximate surface area is 311 Å². The first-order chi connectivity index (χ1) is 26.8. The van der Waals surface area contributed by atoms with Gasteiger partial charge >= 0.3 is 0 Å². The number of hydrogen-bond acceptors (Lipinski definition) is 4. The van der Waals surface area contributed by atoms with E-state index in [0.717, 1.165) is 99.4 Å². The maximum Gasteiger partial charge on any atom is 0.143 e. The molecule has 5 heteroatoms. The smallest absolute Gasteiger partial charge is 0.143 e. The molecule has 1 aliphatic rings. The highest BCUT2D eigenvalue weighted by Crippen LogP contribution is 2.48. The van der Waals surface area contributed by atoms with Crippen LogP contribution in [0.2, 0.25) is 0 Å². The van der Waals surface area contributed by atoms with Crippen LogP contribution in [0.4, 0.5) is 0 Å². The van der Waals surface area contributed by atoms with Crippen molar-refractivity contribution < 1.29 is 8.83 Å². The Morgan fingerprint density at radius 3 is 1.93 bits per heavy atom. The summed E-state index contributed by atoms with van der Waals surface area (Å²) in [4.78, 5) is 5.26. The molecule has 1 aliphatic heterocycles. The topological polar surface area (TPSA) is 64.8 Å². The summed E-state index contributed by atoms with van der Waals surface area (Å²) in [5, 5.41) is 15.5. The molecule has 2 aromatic heterocycles. The van der Waals surface area contributed by atoms with E-state index in [0.29, 0.717) is 0 Å². The summed E-state index contributed by atoms with van der Waals surface area (Å²) in [5.74, 6) is 0.734. The fourth-order valence-electron chi connectivity index (χ4n) is 8.26. The molecule has 0 saturated heterocycles. The minimum absolute atomic E-state index is 0.260. The number of amidine groups is 1. The van der Waals surface area contributed by atoms with Crippen LogP contribution >= 0.6 is 0 Å². The second kappa shape index (κ2) is 12.3. The van der Waals surface area contributed by atoms with E-state index in [9.17, 15) is 0 Å². The maximum atomic E-state index is 6.63. The molecule has 3 heterocycles. The number of nitrogens with one attached hydrogen (secondary N) is 1. The molecule has 0 bridgehead atoms. The van der Waals surface area contributed by atoms with Gasteiger partial charge in [-0.15, -0.1) is 0 Å². The monoisotopic (exact) mass is 694 g/mol. The van der Waals surface area contributed by atoms with Crippen molar-refractivity contribution in [1.29, 1.82) is 0 Å². The molecule has 54 heavy (non-hydrogen) atoms. The van der Waals surface area contributed by atoms with Crippen LogP contribution in [0.5, 0.6) is 0 Å². The van der Waals surface area contributed by atoms with Gasteiger partial charge in [-0.05, 0) is 62.9 Å². The predicted octanol–water partition coefficient (Wildman–Crippen LogP) is 13.1. The van der Waals surface area contributed by atoms with Gasteiger partial charge in [0, 0.05) is 45.0 Å². The third kappa shape index (κ3) is 4.86. The number of aliphatic imine (C=N–C) groups is 1. The maximum absolute atomic E-state index is 6.63. The Kier molecular flexibility index (Phi) is 7.00. The number of fused-ring (bicyclic) bond motifs is 7. The normalized spacial score (nSPS) is 16.0. The zero-order chi connectivity index (χ0) is 35.6. The van der Waals surface area contributed by atoms with Gasteiger partial charge in [0.15, 0.2) is 0 Å². The Balaban J connectivity index is 1.16. The number of rotatable bonds is 5. The summed E-state index contributed by atoms with van der Waals surface area (Å²) >= 11 is 0. The zero-order valence-corrected chi connectivity index (χ0v) is 29.1. The molecule has 2 atom stereocenters. The van der Waals surface area contributed by atoms with Crippen molar-refractivity contribution in [3.8, 4) is 22.3 Å². The predicted molar refractivity (Wildman–Crippen MR) is 221 cm³/mol. The summed E-state index contributed by atoms with van der Waals surface area (Å²) in [7, 11) is 0. The lowest BCUT2D eigenvalue weighted by molar-refractivity contribution is 0.491. The fourth-order valence-corrected chi connectivity index (χ4v) is 8.26. The lowest BCUT2D eigenvalue weighted by Gasteiger charge is -2.41. The minimum Gasteiger partial charge on any atom is -0.456 e. The van der Waals surface area contributed by atoms with Crippen LogP contribution in [0, 0.1) is 0 Å². The lowest BCUT2D eigenvalue weighted by atomic mass is 9.86. The number of nitrogens with zero attached hydrogens (tertiary/aromatic N) is 2. The van der Waals surface area contributed by atoms with E-state index >= 15 is 0 Å². The molecule has 0 amide bonds. The van der Waals surface area contributed by atoms with E-state index in [-0.39, 0.29) is 12.3 Å². The number of benzene rings is 8. The van der Waals surface area contributed by atoms with Gasteiger partial charge in [0.25, 0.3) is 0 Å². The average Bonchev–Trinajstić information content (AvgIpc) is 3.82. The molecule has 0 spiro atoms. The van der Waals surface area contributed by atoms with Gasteiger partial charge in [0.05, 0.1) is 0 Å². The van der Waals surface area contributed by atoms with Gasteiger partial charge in [-0.2, -0.15) is 0 Å². The Bertz CT molecular complexity index is 3070. The lowest BCUT2D eigenvalue weighted by Crippen LogP contribution is -2.32. The van der Waals surface area contributed by atoms with Crippen molar-refractivity contribution in [3.63, 3.8) is 0 Å². The SMILES string of the molecule is c1ccc(C2=NC(c3ccc(-c4c(-c5cccc6c5oc5ccccc56)ccc5oc6ccccc6c45)c4ccccc34)NC(c3ccccc3)[N-]2)cc1. The molecule has 0 radical (unpaired) electrons. The van der Waals surface area contributed by atoms with Crippen LogP contribution in [0.15, 0.2) is 190 Å². The first-order valence-electron chi connectivity index (χ1n) is 18.3. The van der Waals surface area contributed by atoms with Crippen LogP contribution < -0.4 is 5.32 Å². The molecule has 1 N–H and O–H groups in total. The highest BCUT2D eigenvalue weighted by Gasteiger charge is 2.24. The number of para-hydroxylation sites is 3. The van der Waals surface area contributed by atoms with Crippen molar-refractivity contribution in [2.45, 2.75) is 12.3 Å². The van der Waals surface area contributed by atoms with Gasteiger partial charge in [-0.3, -0.25) is 0 Å². The first-order valence-corrected chi connectivity index (χ1v) is 18.3. The van der Waals surface area contributed by atoms with E-state index < -0.39 is 0 Å². The molecule has 10 aromatic rings. The highest BCUT2D eigenvalue weighted by molar-refractivity contribution is 6.21. The fraction of sp³-hybridized carbons (Fsp3) is 0.0408. The molecule has 256 valence electrons. The highest BCUT2D eigenvalue weighted by atomic mass is 16.3. The van der Waals surface area contributed by atoms with Gasteiger partial charge in [-0.1, -0.05) is 157 Å². The standard InChI is InChI=1S/C49H32N3O2/c1-3-14-30(15-4-1)47-50-48(31-16-5-2-6-17-31)52-49(51-47)39-27-26-35(32-18-7-8-19-33(32)39)44-36(28-29-43-45(44)40-21-10-12-25-42(40)53-43)38-23-13-22-37-34-20-9-11-24-41(34)54-46(37)38/h1-29,47,49,51H/q-1. The molecule has 0 fully saturated rings. The first kappa shape index (κ1) is 30.7. The molecule has 8 aromatic carbocycles. The molecule has 2 unspecified atom stereocenters. The zero-order valence-electron chi connectivity index (χ0n) is 29.1. The van der Waals surface area contributed by atoms with Crippen molar-refractivity contribution in [2.75, 3.05) is 0 Å². The quantitative estimate of drug-likeness (QED) is 0.195. The summed E-state index contributed by atoms with van der Waals surface area (Å²) in [5.41, 5.74) is 11.0. The average molecular weight is 695 g/mol. The van der Waals surface area contributed by atoms with Gasteiger partial charge in [0.2, 0.25) is 0 Å². The summed E-state index contributed by atoms with van der Waals surface area (Å²) < 4.78 is 13.2. The Morgan fingerprint density at radius 1 is 0.463 bits per heavy atom. The van der Waals surface area contributed by atoms with Crippen LogP contribution in [0.3, 0.4) is 0 Å². The summed E-state index contributed by atoms with van der Waals surface area (Å²) in [6.45, 7) is 0. The van der Waals surface area contributed by atoms with Crippen molar-refractivity contribution in [1.82, 2.24) is 5.32 Å².